The molecule has 2 heterocycles. The third-order valence-electron chi connectivity index (χ3n) is 3.29. The third-order valence-corrected chi connectivity index (χ3v) is 3.29. The number of nitrogens with one attached hydrogen (secondary N) is 1. The van der Waals surface area contributed by atoms with Crippen molar-refractivity contribution in [3.63, 3.8) is 0 Å². The molecule has 80 valence electrons. The highest BCUT2D eigenvalue weighted by atomic mass is 16.2. The lowest BCUT2D eigenvalue weighted by Gasteiger charge is -2.37. The maximum atomic E-state index is 11.9. The number of carbonyl (C=O) groups is 1. The molecular weight excluding hydrogens is 176 g/mol. The van der Waals surface area contributed by atoms with Gasteiger partial charge in [0.2, 0.25) is 5.91 Å². The molecule has 3 heteroatoms. The Balaban J connectivity index is 2.15. The fraction of sp³-hybridized carbons (Fsp3) is 0.909. The van der Waals surface area contributed by atoms with E-state index in [1.54, 1.807) is 0 Å². The van der Waals surface area contributed by atoms with Crippen LogP contribution in [0.5, 0.6) is 0 Å². The second-order valence-corrected chi connectivity index (χ2v) is 5.59. The summed E-state index contributed by atoms with van der Waals surface area (Å²) in [6.45, 7) is 8.27. The zero-order valence-corrected chi connectivity index (χ0v) is 9.34. The van der Waals surface area contributed by atoms with E-state index in [0.29, 0.717) is 17.9 Å². The molecule has 2 unspecified atom stereocenters. The Morgan fingerprint density at radius 2 is 2.14 bits per heavy atom. The highest BCUT2D eigenvalue weighted by Crippen LogP contribution is 2.27. The summed E-state index contributed by atoms with van der Waals surface area (Å²) < 4.78 is 0. The molecule has 2 atom stereocenters. The van der Waals surface area contributed by atoms with Gasteiger partial charge in [-0.15, -0.1) is 0 Å². The largest absolute Gasteiger partial charge is 0.336 e. The molecular formula is C11H20N2O. The standard InChI is InChI=1S/C11H20N2O/c1-11(2,3)13-7-9-4-8(6-12-9)5-10(13)14/h8-9,12H,4-7H2,1-3H3. The van der Waals surface area contributed by atoms with Crippen LogP contribution in [0.3, 0.4) is 0 Å². The maximum Gasteiger partial charge on any atom is 0.223 e. The van der Waals surface area contributed by atoms with Crippen molar-refractivity contribution in [1.82, 2.24) is 10.2 Å². The van der Waals surface area contributed by atoms with Gasteiger partial charge in [0, 0.05) is 24.5 Å². The number of hydrogen-bond acceptors (Lipinski definition) is 2. The van der Waals surface area contributed by atoms with Crippen LogP contribution in [0, 0.1) is 5.92 Å². The fourth-order valence-electron chi connectivity index (χ4n) is 2.52. The van der Waals surface area contributed by atoms with Gasteiger partial charge in [0.05, 0.1) is 0 Å². The summed E-state index contributed by atoms with van der Waals surface area (Å²) in [5, 5.41) is 3.49. The maximum absolute atomic E-state index is 11.9. The summed E-state index contributed by atoms with van der Waals surface area (Å²) in [6.07, 6.45) is 1.92. The first kappa shape index (κ1) is 9.97. The van der Waals surface area contributed by atoms with Crippen LogP contribution in [-0.2, 0) is 4.79 Å². The van der Waals surface area contributed by atoms with Crippen molar-refractivity contribution in [3.8, 4) is 0 Å². The average Bonchev–Trinajstić information content (AvgIpc) is 2.36. The minimum atomic E-state index is -0.0246. The van der Waals surface area contributed by atoms with Crippen LogP contribution in [-0.4, -0.2) is 35.5 Å². The topological polar surface area (TPSA) is 32.3 Å². The highest BCUT2D eigenvalue weighted by Gasteiger charge is 2.37. The lowest BCUT2D eigenvalue weighted by Crippen LogP contribution is -2.50. The van der Waals surface area contributed by atoms with Crippen molar-refractivity contribution < 1.29 is 4.79 Å². The third kappa shape index (κ3) is 1.78. The normalized spacial score (nSPS) is 33.4. The van der Waals surface area contributed by atoms with E-state index < -0.39 is 0 Å². The van der Waals surface area contributed by atoms with Crippen molar-refractivity contribution in [2.24, 2.45) is 5.92 Å². The molecule has 0 aromatic carbocycles. The number of hydrogen-bond donors (Lipinski definition) is 1. The Labute approximate surface area is 85.8 Å². The first-order valence-electron chi connectivity index (χ1n) is 5.50. The summed E-state index contributed by atoms with van der Waals surface area (Å²) in [5.74, 6) is 0.923. The molecule has 2 fully saturated rings. The van der Waals surface area contributed by atoms with Gasteiger partial charge in [-0.05, 0) is 39.7 Å². The van der Waals surface area contributed by atoms with Gasteiger partial charge in [-0.3, -0.25) is 4.79 Å². The Morgan fingerprint density at radius 1 is 1.43 bits per heavy atom. The second-order valence-electron chi connectivity index (χ2n) is 5.59. The minimum Gasteiger partial charge on any atom is -0.336 e. The van der Waals surface area contributed by atoms with Gasteiger partial charge in [0.15, 0.2) is 0 Å². The number of rotatable bonds is 0. The lowest BCUT2D eigenvalue weighted by molar-refractivity contribution is -0.136. The predicted octanol–water partition coefficient (Wildman–Crippen LogP) is 0.995. The highest BCUT2D eigenvalue weighted by molar-refractivity contribution is 5.77. The molecule has 1 N–H and O–H groups in total. The van der Waals surface area contributed by atoms with E-state index in [1.807, 2.05) is 4.90 Å². The zero-order valence-electron chi connectivity index (χ0n) is 9.34. The first-order valence-corrected chi connectivity index (χ1v) is 5.50. The molecule has 0 saturated carbocycles. The first-order chi connectivity index (χ1) is 6.47. The molecule has 2 bridgehead atoms. The summed E-state index contributed by atoms with van der Waals surface area (Å²) in [5.41, 5.74) is -0.0246. The fourth-order valence-corrected chi connectivity index (χ4v) is 2.52. The van der Waals surface area contributed by atoms with Crippen molar-refractivity contribution >= 4 is 5.91 Å². The molecule has 0 spiro atoms. The Kier molecular flexibility index (Phi) is 2.30. The van der Waals surface area contributed by atoms with Gasteiger partial charge in [-0.2, -0.15) is 0 Å². The predicted molar refractivity (Wildman–Crippen MR) is 56.0 cm³/mol. The minimum absolute atomic E-state index is 0.0246. The van der Waals surface area contributed by atoms with Crippen molar-refractivity contribution in [2.75, 3.05) is 13.1 Å². The molecule has 2 saturated heterocycles. The van der Waals surface area contributed by atoms with Gasteiger partial charge >= 0.3 is 0 Å². The number of amides is 1. The molecule has 2 rings (SSSR count). The van der Waals surface area contributed by atoms with Crippen LogP contribution in [0.4, 0.5) is 0 Å². The number of carbonyl (C=O) groups excluding carboxylic acids is 1. The van der Waals surface area contributed by atoms with Crippen molar-refractivity contribution in [1.29, 1.82) is 0 Å². The van der Waals surface area contributed by atoms with Crippen LogP contribution >= 0.6 is 0 Å². The van der Waals surface area contributed by atoms with E-state index in [-0.39, 0.29) is 5.54 Å². The van der Waals surface area contributed by atoms with Gasteiger partial charge in [-0.25, -0.2) is 0 Å². The summed E-state index contributed by atoms with van der Waals surface area (Å²) in [7, 11) is 0. The molecule has 0 radical (unpaired) electrons. The molecule has 0 aromatic heterocycles. The molecule has 1 amide bonds. The van der Waals surface area contributed by atoms with Crippen molar-refractivity contribution in [3.05, 3.63) is 0 Å². The van der Waals surface area contributed by atoms with Crippen molar-refractivity contribution in [2.45, 2.75) is 45.2 Å². The molecule has 14 heavy (non-hydrogen) atoms. The van der Waals surface area contributed by atoms with E-state index >= 15 is 0 Å². The smallest absolute Gasteiger partial charge is 0.223 e. The molecule has 2 aliphatic heterocycles. The van der Waals surface area contributed by atoms with E-state index in [4.69, 9.17) is 0 Å². The summed E-state index contributed by atoms with van der Waals surface area (Å²) in [4.78, 5) is 14.0. The number of fused-ring (bicyclic) bond motifs is 2. The van der Waals surface area contributed by atoms with Crippen LogP contribution in [0.2, 0.25) is 0 Å². The lowest BCUT2D eigenvalue weighted by atomic mass is 10.0. The Hall–Kier alpha value is -0.570. The van der Waals surface area contributed by atoms with E-state index in [9.17, 15) is 4.79 Å². The van der Waals surface area contributed by atoms with Crippen LogP contribution in [0.1, 0.15) is 33.6 Å². The Bertz CT molecular complexity index is 244. The van der Waals surface area contributed by atoms with Crippen LogP contribution in [0.25, 0.3) is 0 Å². The SMILES string of the molecule is CC(C)(C)N1CC2CC(CN2)CC1=O. The van der Waals surface area contributed by atoms with E-state index in [0.717, 1.165) is 19.5 Å². The Morgan fingerprint density at radius 3 is 2.79 bits per heavy atom. The van der Waals surface area contributed by atoms with Gasteiger partial charge in [-0.1, -0.05) is 0 Å². The average molecular weight is 196 g/mol. The summed E-state index contributed by atoms with van der Waals surface area (Å²) >= 11 is 0. The number of nitrogens with zero attached hydrogens (tertiary/aromatic N) is 1. The van der Waals surface area contributed by atoms with E-state index in [2.05, 4.69) is 26.1 Å². The van der Waals surface area contributed by atoms with Gasteiger partial charge < -0.3 is 10.2 Å². The monoisotopic (exact) mass is 196 g/mol. The molecule has 2 aliphatic rings. The molecule has 3 nitrogen and oxygen atoms in total. The summed E-state index contributed by atoms with van der Waals surface area (Å²) in [6, 6.07) is 0.533. The number of likely N-dealkylation sites (tertiary alicyclic amines) is 1. The molecule has 0 aliphatic carbocycles. The van der Waals surface area contributed by atoms with Gasteiger partial charge in [0.1, 0.15) is 0 Å². The molecule has 0 aromatic rings. The van der Waals surface area contributed by atoms with E-state index in [1.165, 1.54) is 6.42 Å². The second kappa shape index (κ2) is 3.23. The zero-order chi connectivity index (χ0) is 10.3. The van der Waals surface area contributed by atoms with Gasteiger partial charge in [0.25, 0.3) is 0 Å². The van der Waals surface area contributed by atoms with Crippen LogP contribution in [0.15, 0.2) is 0 Å². The quantitative estimate of drug-likeness (QED) is 0.627. The van der Waals surface area contributed by atoms with Crippen LogP contribution < -0.4 is 5.32 Å².